The number of pyridine rings is 1. The Morgan fingerprint density at radius 2 is 1.86 bits per heavy atom. The zero-order chi connectivity index (χ0) is 15.7. The number of rotatable bonds is 2. The molecule has 1 aromatic heterocycles. The number of para-hydroxylation sites is 1. The largest absolute Gasteiger partial charge is 0.358 e. The molecule has 0 aliphatic heterocycles. The van der Waals surface area contributed by atoms with E-state index in [4.69, 9.17) is 11.6 Å². The lowest BCUT2D eigenvalue weighted by molar-refractivity contribution is 0.102. The van der Waals surface area contributed by atoms with Gasteiger partial charge in [0, 0.05) is 22.3 Å². The molecule has 0 spiro atoms. The predicted octanol–water partition coefficient (Wildman–Crippen LogP) is 3.57. The van der Waals surface area contributed by atoms with E-state index in [0.717, 1.165) is 0 Å². The van der Waals surface area contributed by atoms with E-state index in [1.54, 1.807) is 24.3 Å². The van der Waals surface area contributed by atoms with E-state index in [2.05, 4.69) is 10.3 Å². The van der Waals surface area contributed by atoms with Gasteiger partial charge in [-0.15, -0.1) is 0 Å². The van der Waals surface area contributed by atoms with Gasteiger partial charge < -0.3 is 10.3 Å². The minimum Gasteiger partial charge on any atom is -0.358 e. The van der Waals surface area contributed by atoms with Gasteiger partial charge in [0.1, 0.15) is 11.4 Å². The molecule has 0 saturated carbocycles. The number of benzene rings is 2. The Labute approximate surface area is 129 Å². The van der Waals surface area contributed by atoms with Crippen LogP contribution in [0.4, 0.5) is 10.1 Å². The monoisotopic (exact) mass is 316 g/mol. The number of halogens is 2. The van der Waals surface area contributed by atoms with Crippen LogP contribution < -0.4 is 10.7 Å². The van der Waals surface area contributed by atoms with Gasteiger partial charge in [0.2, 0.25) is 5.43 Å². The van der Waals surface area contributed by atoms with E-state index in [9.17, 15) is 14.0 Å². The fourth-order valence-corrected chi connectivity index (χ4v) is 2.24. The second-order valence-electron chi connectivity index (χ2n) is 4.65. The van der Waals surface area contributed by atoms with E-state index < -0.39 is 17.2 Å². The number of nitrogens with one attached hydrogen (secondary N) is 2. The number of carbonyl (C=O) groups excluding carboxylic acids is 1. The van der Waals surface area contributed by atoms with E-state index in [1.165, 1.54) is 24.4 Å². The minimum atomic E-state index is -0.574. The first-order valence-corrected chi connectivity index (χ1v) is 6.81. The van der Waals surface area contributed by atoms with Crippen LogP contribution in [0.5, 0.6) is 0 Å². The SMILES string of the molecule is O=C(Nc1ccc(Cl)cc1)c1c[nH]c2c(F)cccc2c1=O. The average Bonchev–Trinajstić information content (AvgIpc) is 2.51. The number of H-pyrrole nitrogens is 1. The van der Waals surface area contributed by atoms with Gasteiger partial charge in [-0.1, -0.05) is 17.7 Å². The highest BCUT2D eigenvalue weighted by molar-refractivity contribution is 6.30. The van der Waals surface area contributed by atoms with Crippen molar-refractivity contribution in [1.29, 1.82) is 0 Å². The molecule has 3 aromatic rings. The maximum Gasteiger partial charge on any atom is 0.261 e. The van der Waals surface area contributed by atoms with Crippen molar-refractivity contribution in [2.75, 3.05) is 5.32 Å². The van der Waals surface area contributed by atoms with Crippen LogP contribution in [-0.2, 0) is 0 Å². The van der Waals surface area contributed by atoms with Crippen molar-refractivity contribution >= 4 is 34.1 Å². The maximum absolute atomic E-state index is 13.6. The van der Waals surface area contributed by atoms with Gasteiger partial charge in [-0.25, -0.2) is 4.39 Å². The molecule has 22 heavy (non-hydrogen) atoms. The Balaban J connectivity index is 1.99. The third kappa shape index (κ3) is 2.58. The van der Waals surface area contributed by atoms with E-state index in [0.29, 0.717) is 10.7 Å². The second kappa shape index (κ2) is 5.61. The van der Waals surface area contributed by atoms with Gasteiger partial charge >= 0.3 is 0 Å². The van der Waals surface area contributed by atoms with Crippen molar-refractivity contribution in [2.45, 2.75) is 0 Å². The van der Waals surface area contributed by atoms with Crippen molar-refractivity contribution < 1.29 is 9.18 Å². The summed E-state index contributed by atoms with van der Waals surface area (Å²) in [7, 11) is 0. The topological polar surface area (TPSA) is 62.0 Å². The Kier molecular flexibility index (Phi) is 3.65. The summed E-state index contributed by atoms with van der Waals surface area (Å²) in [5, 5.41) is 3.26. The third-order valence-electron chi connectivity index (χ3n) is 3.21. The summed E-state index contributed by atoms with van der Waals surface area (Å²) in [5.41, 5.74) is -0.0311. The van der Waals surface area contributed by atoms with Crippen LogP contribution >= 0.6 is 11.6 Å². The molecule has 1 amide bonds. The van der Waals surface area contributed by atoms with Crippen molar-refractivity contribution in [1.82, 2.24) is 4.98 Å². The molecule has 1 heterocycles. The third-order valence-corrected chi connectivity index (χ3v) is 3.46. The Morgan fingerprint density at radius 3 is 2.59 bits per heavy atom. The molecule has 0 bridgehead atoms. The first kappa shape index (κ1) is 14.3. The molecule has 0 atom stereocenters. The Bertz CT molecular complexity index is 920. The molecule has 110 valence electrons. The summed E-state index contributed by atoms with van der Waals surface area (Å²) in [6.45, 7) is 0. The Hall–Kier alpha value is -2.66. The fraction of sp³-hybridized carbons (Fsp3) is 0. The minimum absolute atomic E-state index is 0.0792. The lowest BCUT2D eigenvalue weighted by Crippen LogP contribution is -2.22. The van der Waals surface area contributed by atoms with E-state index in [-0.39, 0.29) is 16.5 Å². The second-order valence-corrected chi connectivity index (χ2v) is 5.09. The molecule has 0 unspecified atom stereocenters. The molecular weight excluding hydrogens is 307 g/mol. The van der Waals surface area contributed by atoms with Gasteiger partial charge in [0.05, 0.1) is 5.52 Å². The number of aromatic amines is 1. The van der Waals surface area contributed by atoms with Gasteiger partial charge in [-0.2, -0.15) is 0 Å². The van der Waals surface area contributed by atoms with Crippen molar-refractivity contribution in [3.8, 4) is 0 Å². The summed E-state index contributed by atoms with van der Waals surface area (Å²) < 4.78 is 13.6. The zero-order valence-electron chi connectivity index (χ0n) is 11.2. The van der Waals surface area contributed by atoms with Gasteiger partial charge in [-0.05, 0) is 36.4 Å². The molecule has 2 aromatic carbocycles. The Morgan fingerprint density at radius 1 is 1.14 bits per heavy atom. The summed E-state index contributed by atoms with van der Waals surface area (Å²) in [5.74, 6) is -1.12. The number of carbonyl (C=O) groups is 1. The number of anilines is 1. The van der Waals surface area contributed by atoms with Crippen LogP contribution in [0, 0.1) is 5.82 Å². The predicted molar refractivity (Wildman–Crippen MR) is 83.9 cm³/mol. The maximum atomic E-state index is 13.6. The fourth-order valence-electron chi connectivity index (χ4n) is 2.12. The average molecular weight is 317 g/mol. The molecule has 0 fully saturated rings. The summed E-state index contributed by atoms with van der Waals surface area (Å²) in [6.07, 6.45) is 1.21. The molecule has 0 radical (unpaired) electrons. The quantitative estimate of drug-likeness (QED) is 0.759. The van der Waals surface area contributed by atoms with Crippen LogP contribution in [0.2, 0.25) is 5.02 Å². The summed E-state index contributed by atoms with van der Waals surface area (Å²) >= 11 is 5.77. The van der Waals surface area contributed by atoms with E-state index in [1.807, 2.05) is 0 Å². The lowest BCUT2D eigenvalue weighted by Gasteiger charge is -2.06. The molecule has 4 nitrogen and oxygen atoms in total. The number of fused-ring (bicyclic) bond motifs is 1. The zero-order valence-corrected chi connectivity index (χ0v) is 11.9. The molecule has 0 aliphatic rings. The number of aromatic nitrogens is 1. The highest BCUT2D eigenvalue weighted by atomic mass is 35.5. The highest BCUT2D eigenvalue weighted by Crippen LogP contribution is 2.15. The van der Waals surface area contributed by atoms with Gasteiger partial charge in [0.25, 0.3) is 5.91 Å². The van der Waals surface area contributed by atoms with Gasteiger partial charge in [0.15, 0.2) is 0 Å². The van der Waals surface area contributed by atoms with Crippen molar-refractivity contribution in [3.05, 3.63) is 75.3 Å². The molecular formula is C16H10ClFN2O2. The lowest BCUT2D eigenvalue weighted by atomic mass is 10.1. The first-order chi connectivity index (χ1) is 10.6. The number of hydrogen-bond acceptors (Lipinski definition) is 2. The summed E-state index contributed by atoms with van der Waals surface area (Å²) in [6, 6.07) is 10.6. The molecule has 2 N–H and O–H groups in total. The van der Waals surface area contributed by atoms with Gasteiger partial charge in [-0.3, -0.25) is 9.59 Å². The van der Waals surface area contributed by atoms with Crippen LogP contribution in [0.15, 0.2) is 53.5 Å². The standard InChI is InChI=1S/C16H10ClFN2O2/c17-9-4-6-10(7-5-9)20-16(22)12-8-19-14-11(15(12)21)2-1-3-13(14)18/h1-8H,(H,19,21)(H,20,22). The number of amides is 1. The molecule has 6 heteroatoms. The van der Waals surface area contributed by atoms with Crippen LogP contribution in [0.25, 0.3) is 10.9 Å². The van der Waals surface area contributed by atoms with E-state index >= 15 is 0 Å². The van der Waals surface area contributed by atoms with Crippen molar-refractivity contribution in [3.63, 3.8) is 0 Å². The molecule has 3 rings (SSSR count). The normalized spacial score (nSPS) is 10.6. The highest BCUT2D eigenvalue weighted by Gasteiger charge is 2.14. The summed E-state index contributed by atoms with van der Waals surface area (Å²) in [4.78, 5) is 27.1. The van der Waals surface area contributed by atoms with Crippen LogP contribution in [0.3, 0.4) is 0 Å². The van der Waals surface area contributed by atoms with Crippen LogP contribution in [-0.4, -0.2) is 10.9 Å². The number of hydrogen-bond donors (Lipinski definition) is 2. The molecule has 0 aliphatic carbocycles. The smallest absolute Gasteiger partial charge is 0.261 e. The molecule has 0 saturated heterocycles. The first-order valence-electron chi connectivity index (χ1n) is 6.43. The van der Waals surface area contributed by atoms with Crippen molar-refractivity contribution in [2.24, 2.45) is 0 Å². The van der Waals surface area contributed by atoms with Crippen LogP contribution in [0.1, 0.15) is 10.4 Å².